The SMILES string of the molecule is [O]C(=O)c1ccc(-c2ccccc2)cc1. The maximum absolute atomic E-state index is 10.5. The Labute approximate surface area is 87.8 Å². The highest BCUT2D eigenvalue weighted by Crippen LogP contribution is 2.19. The van der Waals surface area contributed by atoms with E-state index in [4.69, 9.17) is 0 Å². The number of benzene rings is 2. The second kappa shape index (κ2) is 3.96. The molecule has 0 atom stereocenters. The standard InChI is InChI=1S/C13H9O2/c14-13(15)12-8-6-11(7-9-12)10-4-2-1-3-5-10/h1-9H. The van der Waals surface area contributed by atoms with E-state index in [-0.39, 0.29) is 5.56 Å². The summed E-state index contributed by atoms with van der Waals surface area (Å²) < 4.78 is 0. The fourth-order valence-corrected chi connectivity index (χ4v) is 1.43. The summed E-state index contributed by atoms with van der Waals surface area (Å²) in [6.45, 7) is 0. The Kier molecular flexibility index (Phi) is 2.50. The van der Waals surface area contributed by atoms with Gasteiger partial charge in [-0.2, -0.15) is 0 Å². The van der Waals surface area contributed by atoms with E-state index in [9.17, 15) is 9.90 Å². The topological polar surface area (TPSA) is 37.0 Å². The Balaban J connectivity index is 2.36. The molecule has 0 amide bonds. The zero-order valence-electron chi connectivity index (χ0n) is 8.01. The average molecular weight is 197 g/mol. The van der Waals surface area contributed by atoms with Gasteiger partial charge in [-0.05, 0) is 23.3 Å². The van der Waals surface area contributed by atoms with Crippen LogP contribution in [0.15, 0.2) is 54.6 Å². The molecule has 0 unspecified atom stereocenters. The summed E-state index contributed by atoms with van der Waals surface area (Å²) >= 11 is 0. The summed E-state index contributed by atoms with van der Waals surface area (Å²) in [7, 11) is 0. The van der Waals surface area contributed by atoms with Gasteiger partial charge in [-0.3, -0.25) is 0 Å². The fraction of sp³-hybridized carbons (Fsp3) is 0. The van der Waals surface area contributed by atoms with E-state index in [1.54, 1.807) is 24.3 Å². The van der Waals surface area contributed by atoms with Gasteiger partial charge in [-0.25, -0.2) is 9.90 Å². The van der Waals surface area contributed by atoms with Gasteiger partial charge >= 0.3 is 5.97 Å². The molecule has 1 radical (unpaired) electrons. The third kappa shape index (κ3) is 2.05. The van der Waals surface area contributed by atoms with Crippen LogP contribution in [-0.2, 0) is 5.11 Å². The molecule has 0 fully saturated rings. The van der Waals surface area contributed by atoms with Crippen LogP contribution in [0.3, 0.4) is 0 Å². The van der Waals surface area contributed by atoms with Crippen molar-refractivity contribution < 1.29 is 9.90 Å². The van der Waals surface area contributed by atoms with Crippen LogP contribution in [0.1, 0.15) is 10.4 Å². The molecule has 0 saturated heterocycles. The molecular formula is C13H9O2. The first kappa shape index (κ1) is 9.46. The van der Waals surface area contributed by atoms with Crippen molar-refractivity contribution in [3.63, 3.8) is 0 Å². The second-order valence-corrected chi connectivity index (χ2v) is 3.23. The first-order valence-electron chi connectivity index (χ1n) is 4.64. The zero-order valence-corrected chi connectivity index (χ0v) is 8.01. The lowest BCUT2D eigenvalue weighted by Crippen LogP contribution is -1.92. The first-order chi connectivity index (χ1) is 7.27. The first-order valence-corrected chi connectivity index (χ1v) is 4.64. The van der Waals surface area contributed by atoms with Gasteiger partial charge in [0.05, 0.1) is 5.56 Å². The molecule has 2 aromatic rings. The van der Waals surface area contributed by atoms with Gasteiger partial charge in [0.25, 0.3) is 0 Å². The monoisotopic (exact) mass is 197 g/mol. The van der Waals surface area contributed by atoms with Crippen molar-refractivity contribution in [2.75, 3.05) is 0 Å². The van der Waals surface area contributed by atoms with Crippen molar-refractivity contribution in [1.82, 2.24) is 0 Å². The molecule has 0 saturated carbocycles. The Morgan fingerprint density at radius 1 is 0.733 bits per heavy atom. The Morgan fingerprint density at radius 2 is 1.27 bits per heavy atom. The van der Waals surface area contributed by atoms with Crippen molar-refractivity contribution >= 4 is 5.97 Å². The van der Waals surface area contributed by atoms with Gasteiger partial charge in [0.1, 0.15) is 0 Å². The fourth-order valence-electron chi connectivity index (χ4n) is 1.43. The summed E-state index contributed by atoms with van der Waals surface area (Å²) in [4.78, 5) is 10.5. The van der Waals surface area contributed by atoms with Crippen molar-refractivity contribution in [3.05, 3.63) is 60.2 Å². The highest BCUT2D eigenvalue weighted by Gasteiger charge is 2.04. The summed E-state index contributed by atoms with van der Waals surface area (Å²) in [5.41, 5.74) is 2.28. The van der Waals surface area contributed by atoms with E-state index in [0.717, 1.165) is 11.1 Å². The number of hydrogen-bond acceptors (Lipinski definition) is 1. The lowest BCUT2D eigenvalue weighted by atomic mass is 10.0. The number of carbonyl (C=O) groups is 1. The van der Waals surface area contributed by atoms with Crippen LogP contribution in [0.4, 0.5) is 0 Å². The predicted molar refractivity (Wildman–Crippen MR) is 56.9 cm³/mol. The number of carbonyl (C=O) groups excluding carboxylic acids is 1. The van der Waals surface area contributed by atoms with Crippen molar-refractivity contribution in [3.8, 4) is 11.1 Å². The molecule has 2 nitrogen and oxygen atoms in total. The van der Waals surface area contributed by atoms with Gasteiger partial charge in [0, 0.05) is 0 Å². The third-order valence-corrected chi connectivity index (χ3v) is 2.23. The van der Waals surface area contributed by atoms with Crippen molar-refractivity contribution in [1.29, 1.82) is 0 Å². The van der Waals surface area contributed by atoms with Crippen LogP contribution in [0.2, 0.25) is 0 Å². The molecule has 0 aliphatic heterocycles. The average Bonchev–Trinajstić information content (AvgIpc) is 2.30. The Hall–Kier alpha value is -2.09. The van der Waals surface area contributed by atoms with Gasteiger partial charge in [-0.15, -0.1) is 0 Å². The van der Waals surface area contributed by atoms with Gasteiger partial charge in [-0.1, -0.05) is 42.5 Å². The molecule has 0 bridgehead atoms. The van der Waals surface area contributed by atoms with E-state index in [1.807, 2.05) is 30.3 Å². The lowest BCUT2D eigenvalue weighted by molar-refractivity contribution is 0.0573. The van der Waals surface area contributed by atoms with E-state index >= 15 is 0 Å². The minimum atomic E-state index is -1.14. The van der Waals surface area contributed by atoms with Gasteiger partial charge < -0.3 is 0 Å². The van der Waals surface area contributed by atoms with Crippen molar-refractivity contribution in [2.24, 2.45) is 0 Å². The van der Waals surface area contributed by atoms with Crippen LogP contribution >= 0.6 is 0 Å². The molecule has 0 N–H and O–H groups in total. The van der Waals surface area contributed by atoms with Crippen LogP contribution in [0.5, 0.6) is 0 Å². The second-order valence-electron chi connectivity index (χ2n) is 3.23. The van der Waals surface area contributed by atoms with Crippen LogP contribution < -0.4 is 0 Å². The van der Waals surface area contributed by atoms with Crippen LogP contribution in [0, 0.1) is 0 Å². The molecule has 0 aromatic heterocycles. The Morgan fingerprint density at radius 3 is 1.80 bits per heavy atom. The predicted octanol–water partition coefficient (Wildman–Crippen LogP) is 2.92. The number of hydrogen-bond donors (Lipinski definition) is 0. The highest BCUT2D eigenvalue weighted by molar-refractivity contribution is 5.87. The molecule has 2 aromatic carbocycles. The molecule has 73 valence electrons. The van der Waals surface area contributed by atoms with E-state index in [0.29, 0.717) is 0 Å². The molecule has 0 spiro atoms. The quantitative estimate of drug-likeness (QED) is 0.729. The van der Waals surface area contributed by atoms with Crippen LogP contribution in [0.25, 0.3) is 11.1 Å². The summed E-state index contributed by atoms with van der Waals surface area (Å²) in [5.74, 6) is -1.14. The molecule has 15 heavy (non-hydrogen) atoms. The zero-order chi connectivity index (χ0) is 10.7. The molecular weight excluding hydrogens is 188 g/mol. The minimum Gasteiger partial charge on any atom is -0.242 e. The summed E-state index contributed by atoms with van der Waals surface area (Å²) in [6, 6.07) is 16.5. The molecule has 0 heterocycles. The maximum atomic E-state index is 10.5. The Bertz CT molecular complexity index is 458. The minimum absolute atomic E-state index is 0.203. The highest BCUT2D eigenvalue weighted by atomic mass is 16.4. The lowest BCUT2D eigenvalue weighted by Gasteiger charge is -2.00. The smallest absolute Gasteiger partial charge is 0.242 e. The summed E-state index contributed by atoms with van der Waals surface area (Å²) in [6.07, 6.45) is 0. The van der Waals surface area contributed by atoms with E-state index in [1.165, 1.54) is 0 Å². The largest absolute Gasteiger partial charge is 0.386 e. The molecule has 2 rings (SSSR count). The summed E-state index contributed by atoms with van der Waals surface area (Å²) in [5, 5.41) is 10.5. The van der Waals surface area contributed by atoms with Crippen molar-refractivity contribution in [2.45, 2.75) is 0 Å². The van der Waals surface area contributed by atoms with Crippen LogP contribution in [-0.4, -0.2) is 5.97 Å². The molecule has 0 aliphatic carbocycles. The van der Waals surface area contributed by atoms with Gasteiger partial charge in [0.2, 0.25) is 0 Å². The van der Waals surface area contributed by atoms with E-state index < -0.39 is 5.97 Å². The third-order valence-electron chi connectivity index (χ3n) is 2.23. The maximum Gasteiger partial charge on any atom is 0.386 e. The number of rotatable bonds is 2. The normalized spacial score (nSPS) is 9.87. The molecule has 2 heteroatoms. The van der Waals surface area contributed by atoms with Gasteiger partial charge in [0.15, 0.2) is 0 Å². The molecule has 0 aliphatic rings. The van der Waals surface area contributed by atoms with E-state index in [2.05, 4.69) is 0 Å².